The third-order valence-electron chi connectivity index (χ3n) is 2.59. The monoisotopic (exact) mass is 345 g/mol. The van der Waals surface area contributed by atoms with Gasteiger partial charge in [-0.2, -0.15) is 13.2 Å². The van der Waals surface area contributed by atoms with E-state index < -0.39 is 18.7 Å². The first-order valence-corrected chi connectivity index (χ1v) is 6.75. The summed E-state index contributed by atoms with van der Waals surface area (Å²) in [6.45, 7) is -1.35. The highest BCUT2D eigenvalue weighted by Gasteiger charge is 2.28. The van der Waals surface area contributed by atoms with Crippen LogP contribution in [0.5, 0.6) is 5.88 Å². The van der Waals surface area contributed by atoms with Crippen molar-refractivity contribution in [1.82, 2.24) is 15.3 Å². The second-order valence-electron chi connectivity index (χ2n) is 4.45. The van der Waals surface area contributed by atoms with Gasteiger partial charge in [0.05, 0.1) is 0 Å². The number of alkyl halides is 3. The molecule has 0 bridgehead atoms. The lowest BCUT2D eigenvalue weighted by molar-refractivity contribution is -0.154. The molecule has 0 aliphatic carbocycles. The van der Waals surface area contributed by atoms with Crippen LogP contribution in [0.3, 0.4) is 0 Å². The van der Waals surface area contributed by atoms with Gasteiger partial charge in [-0.1, -0.05) is 11.6 Å². The van der Waals surface area contributed by atoms with Gasteiger partial charge in [0.1, 0.15) is 5.69 Å². The van der Waals surface area contributed by atoms with Crippen molar-refractivity contribution in [2.24, 2.45) is 0 Å². The smallest absolute Gasteiger partial charge is 0.422 e. The van der Waals surface area contributed by atoms with E-state index in [9.17, 15) is 18.0 Å². The van der Waals surface area contributed by atoms with Crippen LogP contribution in [-0.2, 0) is 6.54 Å². The SMILES string of the molecule is O=C(NCc1ccnc(OCC(F)(F)F)c1)c1cc(Cl)ccn1. The van der Waals surface area contributed by atoms with Gasteiger partial charge in [0.2, 0.25) is 5.88 Å². The van der Waals surface area contributed by atoms with Crippen LogP contribution < -0.4 is 10.1 Å². The summed E-state index contributed by atoms with van der Waals surface area (Å²) < 4.78 is 40.8. The molecule has 2 aromatic heterocycles. The van der Waals surface area contributed by atoms with Crippen molar-refractivity contribution in [2.75, 3.05) is 6.61 Å². The van der Waals surface area contributed by atoms with Crippen LogP contribution in [0.1, 0.15) is 16.1 Å². The van der Waals surface area contributed by atoms with Gasteiger partial charge in [-0.05, 0) is 23.8 Å². The number of amides is 1. The Hall–Kier alpha value is -2.35. The molecule has 2 aromatic rings. The fourth-order valence-corrected chi connectivity index (χ4v) is 1.76. The Morgan fingerprint density at radius 1 is 1.22 bits per heavy atom. The van der Waals surface area contributed by atoms with E-state index in [1.807, 2.05) is 0 Å². The topological polar surface area (TPSA) is 64.1 Å². The van der Waals surface area contributed by atoms with Crippen LogP contribution in [0.15, 0.2) is 36.7 Å². The number of halogens is 4. The number of carbonyl (C=O) groups excluding carboxylic acids is 1. The fourth-order valence-electron chi connectivity index (χ4n) is 1.60. The minimum atomic E-state index is -4.44. The van der Waals surface area contributed by atoms with Gasteiger partial charge in [0, 0.05) is 30.0 Å². The quantitative estimate of drug-likeness (QED) is 0.904. The first kappa shape index (κ1) is 17.0. The Morgan fingerprint density at radius 3 is 2.65 bits per heavy atom. The third kappa shape index (κ3) is 5.74. The van der Waals surface area contributed by atoms with Crippen molar-refractivity contribution >= 4 is 17.5 Å². The summed E-state index contributed by atoms with van der Waals surface area (Å²) in [7, 11) is 0. The normalized spacial score (nSPS) is 11.1. The van der Waals surface area contributed by atoms with Gasteiger partial charge in [0.15, 0.2) is 6.61 Å². The van der Waals surface area contributed by atoms with Crippen molar-refractivity contribution in [1.29, 1.82) is 0 Å². The maximum atomic E-state index is 12.1. The largest absolute Gasteiger partial charge is 0.468 e. The molecular formula is C14H11ClF3N3O2. The summed E-state index contributed by atoms with van der Waals surface area (Å²) >= 11 is 5.76. The molecule has 0 fully saturated rings. The zero-order chi connectivity index (χ0) is 16.9. The van der Waals surface area contributed by atoms with E-state index in [4.69, 9.17) is 11.6 Å². The van der Waals surface area contributed by atoms with Gasteiger partial charge in [-0.15, -0.1) is 0 Å². The van der Waals surface area contributed by atoms with E-state index in [1.54, 1.807) is 6.07 Å². The standard InChI is InChI=1S/C14H11ClF3N3O2/c15-10-2-4-19-11(6-10)13(22)21-7-9-1-3-20-12(5-9)23-8-14(16,17)18/h1-6H,7-8H2,(H,21,22). The molecule has 1 N–H and O–H groups in total. The highest BCUT2D eigenvalue weighted by atomic mass is 35.5. The summed E-state index contributed by atoms with van der Waals surface area (Å²) in [4.78, 5) is 19.4. The number of hydrogen-bond acceptors (Lipinski definition) is 4. The number of hydrogen-bond donors (Lipinski definition) is 1. The second kappa shape index (κ2) is 7.28. The highest BCUT2D eigenvalue weighted by Crippen LogP contribution is 2.17. The molecule has 9 heteroatoms. The van der Waals surface area contributed by atoms with Crippen LogP contribution in [0.25, 0.3) is 0 Å². The summed E-state index contributed by atoms with van der Waals surface area (Å²) in [6.07, 6.45) is -1.75. The summed E-state index contributed by atoms with van der Waals surface area (Å²) in [5, 5.41) is 2.95. The Balaban J connectivity index is 1.94. The molecule has 23 heavy (non-hydrogen) atoms. The fraction of sp³-hybridized carbons (Fsp3) is 0.214. The van der Waals surface area contributed by atoms with Crippen LogP contribution in [0.2, 0.25) is 5.02 Å². The molecular weight excluding hydrogens is 335 g/mol. The highest BCUT2D eigenvalue weighted by molar-refractivity contribution is 6.30. The van der Waals surface area contributed by atoms with Gasteiger partial charge >= 0.3 is 6.18 Å². The molecule has 2 rings (SSSR count). The van der Waals surface area contributed by atoms with Crippen molar-refractivity contribution in [3.05, 3.63) is 52.9 Å². The molecule has 0 spiro atoms. The molecule has 2 heterocycles. The Morgan fingerprint density at radius 2 is 1.96 bits per heavy atom. The summed E-state index contributed by atoms with van der Waals surface area (Å²) in [6, 6.07) is 5.80. The molecule has 0 aliphatic heterocycles. The van der Waals surface area contributed by atoms with E-state index in [0.29, 0.717) is 10.6 Å². The Labute approximate surface area is 134 Å². The zero-order valence-corrected chi connectivity index (χ0v) is 12.4. The van der Waals surface area contributed by atoms with E-state index in [1.165, 1.54) is 30.6 Å². The van der Waals surface area contributed by atoms with E-state index in [-0.39, 0.29) is 18.1 Å². The van der Waals surface area contributed by atoms with Crippen molar-refractivity contribution < 1.29 is 22.7 Å². The zero-order valence-electron chi connectivity index (χ0n) is 11.6. The molecule has 0 saturated carbocycles. The molecule has 122 valence electrons. The van der Waals surface area contributed by atoms with E-state index in [0.717, 1.165) is 0 Å². The molecule has 0 aromatic carbocycles. The number of pyridine rings is 2. The van der Waals surface area contributed by atoms with E-state index >= 15 is 0 Å². The van der Waals surface area contributed by atoms with Crippen molar-refractivity contribution in [2.45, 2.75) is 12.7 Å². The predicted molar refractivity (Wildman–Crippen MR) is 76.2 cm³/mol. The van der Waals surface area contributed by atoms with Crippen LogP contribution in [-0.4, -0.2) is 28.7 Å². The first-order valence-electron chi connectivity index (χ1n) is 6.38. The molecule has 0 aliphatic rings. The lowest BCUT2D eigenvalue weighted by atomic mass is 10.2. The molecule has 0 radical (unpaired) electrons. The molecule has 0 unspecified atom stereocenters. The predicted octanol–water partition coefficient (Wildman–Crippen LogP) is 3.00. The van der Waals surface area contributed by atoms with Crippen LogP contribution in [0, 0.1) is 0 Å². The number of aromatic nitrogens is 2. The number of ether oxygens (including phenoxy) is 1. The van der Waals surface area contributed by atoms with Crippen molar-refractivity contribution in [3.8, 4) is 5.88 Å². The number of nitrogens with zero attached hydrogens (tertiary/aromatic N) is 2. The average molecular weight is 346 g/mol. The summed E-state index contributed by atoms with van der Waals surface area (Å²) in [5.41, 5.74) is 0.674. The third-order valence-corrected chi connectivity index (χ3v) is 2.83. The van der Waals surface area contributed by atoms with E-state index in [2.05, 4.69) is 20.0 Å². The first-order chi connectivity index (χ1) is 10.8. The van der Waals surface area contributed by atoms with Gasteiger partial charge in [-0.3, -0.25) is 9.78 Å². The van der Waals surface area contributed by atoms with Gasteiger partial charge < -0.3 is 10.1 Å². The molecule has 0 saturated heterocycles. The summed E-state index contributed by atoms with van der Waals surface area (Å²) in [5.74, 6) is -0.628. The molecule has 1 amide bonds. The maximum absolute atomic E-state index is 12.1. The Kier molecular flexibility index (Phi) is 5.38. The number of carbonyl (C=O) groups is 1. The number of nitrogens with one attached hydrogen (secondary N) is 1. The average Bonchev–Trinajstić information content (AvgIpc) is 2.50. The van der Waals surface area contributed by atoms with Gasteiger partial charge in [-0.25, -0.2) is 4.98 Å². The van der Waals surface area contributed by atoms with Crippen LogP contribution >= 0.6 is 11.6 Å². The molecule has 5 nitrogen and oxygen atoms in total. The molecule has 0 atom stereocenters. The Bertz CT molecular complexity index is 695. The lowest BCUT2D eigenvalue weighted by Gasteiger charge is -2.09. The lowest BCUT2D eigenvalue weighted by Crippen LogP contribution is -2.24. The minimum Gasteiger partial charge on any atom is -0.468 e. The van der Waals surface area contributed by atoms with Gasteiger partial charge in [0.25, 0.3) is 5.91 Å². The minimum absolute atomic E-state index is 0.0813. The number of rotatable bonds is 5. The van der Waals surface area contributed by atoms with Crippen LogP contribution in [0.4, 0.5) is 13.2 Å². The second-order valence-corrected chi connectivity index (χ2v) is 4.88. The maximum Gasteiger partial charge on any atom is 0.422 e. The van der Waals surface area contributed by atoms with Crippen molar-refractivity contribution in [3.63, 3.8) is 0 Å².